The zero-order valence-corrected chi connectivity index (χ0v) is 15.0. The van der Waals surface area contributed by atoms with Crippen LogP contribution in [0.1, 0.15) is 45.4 Å². The fraction of sp³-hybridized carbons (Fsp3) is 0.650. The first-order valence-electron chi connectivity index (χ1n) is 9.65. The van der Waals surface area contributed by atoms with Gasteiger partial charge in [-0.15, -0.1) is 0 Å². The van der Waals surface area contributed by atoms with E-state index in [1.165, 1.54) is 43.7 Å². The molecule has 0 atom stereocenters. The number of unbranched alkanes of at least 4 members (excludes halogenated alkanes) is 1. The van der Waals surface area contributed by atoms with Crippen molar-refractivity contribution in [3.63, 3.8) is 0 Å². The summed E-state index contributed by atoms with van der Waals surface area (Å²) in [5.41, 5.74) is 2.64. The molecule has 1 aromatic carbocycles. The van der Waals surface area contributed by atoms with Gasteiger partial charge in [0.1, 0.15) is 0 Å². The second-order valence-electron chi connectivity index (χ2n) is 7.04. The van der Waals surface area contributed by atoms with Gasteiger partial charge < -0.3 is 14.7 Å². The van der Waals surface area contributed by atoms with E-state index in [4.69, 9.17) is 0 Å². The van der Waals surface area contributed by atoms with Gasteiger partial charge >= 0.3 is 0 Å². The van der Waals surface area contributed by atoms with E-state index in [1.54, 1.807) is 0 Å². The van der Waals surface area contributed by atoms with Gasteiger partial charge in [0.05, 0.1) is 0 Å². The summed E-state index contributed by atoms with van der Waals surface area (Å²) in [6, 6.07) is 9.02. The number of carbonyl (C=O) groups excluding carboxylic acids is 1. The minimum atomic E-state index is 0.331. The van der Waals surface area contributed by atoms with Gasteiger partial charge in [-0.25, -0.2) is 0 Å². The van der Waals surface area contributed by atoms with Crippen LogP contribution in [0, 0.1) is 0 Å². The topological polar surface area (TPSA) is 26.8 Å². The molecule has 2 heterocycles. The maximum absolute atomic E-state index is 12.1. The van der Waals surface area contributed by atoms with E-state index < -0.39 is 0 Å². The average molecular weight is 329 g/mol. The standard InChI is InChI=1S/C20H31N3O/c1-2-3-7-20(24)23-16-14-22(15-17-23)19-10-8-18(9-11-19)21-12-5-4-6-13-21/h8-11H,2-7,12-17H2,1H3. The molecule has 0 aromatic heterocycles. The molecular formula is C20H31N3O. The summed E-state index contributed by atoms with van der Waals surface area (Å²) in [7, 11) is 0. The molecule has 2 aliphatic heterocycles. The summed E-state index contributed by atoms with van der Waals surface area (Å²) in [6.07, 6.45) is 6.81. The summed E-state index contributed by atoms with van der Waals surface area (Å²) in [4.78, 5) is 19.1. The molecule has 1 aromatic rings. The highest BCUT2D eigenvalue weighted by atomic mass is 16.2. The van der Waals surface area contributed by atoms with Gasteiger partial charge in [0.25, 0.3) is 0 Å². The van der Waals surface area contributed by atoms with Crippen molar-refractivity contribution in [1.29, 1.82) is 0 Å². The second-order valence-corrected chi connectivity index (χ2v) is 7.04. The van der Waals surface area contributed by atoms with E-state index >= 15 is 0 Å². The summed E-state index contributed by atoms with van der Waals surface area (Å²) in [5.74, 6) is 0.331. The van der Waals surface area contributed by atoms with Crippen LogP contribution in [0.5, 0.6) is 0 Å². The Hall–Kier alpha value is -1.71. The number of hydrogen-bond donors (Lipinski definition) is 0. The minimum absolute atomic E-state index is 0.331. The number of anilines is 2. The van der Waals surface area contributed by atoms with E-state index in [0.29, 0.717) is 12.3 Å². The molecule has 132 valence electrons. The number of hydrogen-bond acceptors (Lipinski definition) is 3. The quantitative estimate of drug-likeness (QED) is 0.827. The van der Waals surface area contributed by atoms with E-state index in [0.717, 1.165) is 39.0 Å². The molecular weight excluding hydrogens is 298 g/mol. The van der Waals surface area contributed by atoms with Crippen LogP contribution in [0.25, 0.3) is 0 Å². The molecule has 4 nitrogen and oxygen atoms in total. The lowest BCUT2D eigenvalue weighted by Gasteiger charge is -2.36. The Morgan fingerprint density at radius 3 is 1.92 bits per heavy atom. The predicted octanol–water partition coefficient (Wildman–Crippen LogP) is 3.52. The SMILES string of the molecule is CCCCC(=O)N1CCN(c2ccc(N3CCCCC3)cc2)CC1. The largest absolute Gasteiger partial charge is 0.372 e. The molecule has 3 rings (SSSR count). The normalized spacial score (nSPS) is 18.8. The number of carbonyl (C=O) groups is 1. The Morgan fingerprint density at radius 1 is 0.833 bits per heavy atom. The number of nitrogens with zero attached hydrogens (tertiary/aromatic N) is 3. The van der Waals surface area contributed by atoms with Crippen molar-refractivity contribution in [2.75, 3.05) is 49.1 Å². The number of piperidine rings is 1. The van der Waals surface area contributed by atoms with Crippen LogP contribution in [0.2, 0.25) is 0 Å². The van der Waals surface area contributed by atoms with Crippen molar-refractivity contribution in [3.05, 3.63) is 24.3 Å². The first-order chi connectivity index (χ1) is 11.8. The van der Waals surface area contributed by atoms with Gasteiger partial charge in [-0.1, -0.05) is 13.3 Å². The molecule has 2 aliphatic rings. The maximum Gasteiger partial charge on any atom is 0.222 e. The predicted molar refractivity (Wildman–Crippen MR) is 101 cm³/mol. The van der Waals surface area contributed by atoms with E-state index in [9.17, 15) is 4.79 Å². The lowest BCUT2D eigenvalue weighted by Crippen LogP contribution is -2.48. The Bertz CT molecular complexity index is 514. The molecule has 24 heavy (non-hydrogen) atoms. The van der Waals surface area contributed by atoms with Crippen LogP contribution in [-0.2, 0) is 4.79 Å². The van der Waals surface area contributed by atoms with E-state index in [2.05, 4.69) is 41.0 Å². The molecule has 0 saturated carbocycles. The van der Waals surface area contributed by atoms with Gasteiger partial charge in [0, 0.05) is 57.1 Å². The molecule has 0 aliphatic carbocycles. The highest BCUT2D eigenvalue weighted by Crippen LogP contribution is 2.24. The van der Waals surface area contributed by atoms with Crippen LogP contribution in [0.4, 0.5) is 11.4 Å². The second kappa shape index (κ2) is 8.41. The molecule has 2 fully saturated rings. The number of benzene rings is 1. The van der Waals surface area contributed by atoms with Crippen molar-refractivity contribution < 1.29 is 4.79 Å². The lowest BCUT2D eigenvalue weighted by atomic mass is 10.1. The van der Waals surface area contributed by atoms with Crippen LogP contribution in [0.3, 0.4) is 0 Å². The van der Waals surface area contributed by atoms with Gasteiger partial charge in [-0.05, 0) is 49.9 Å². The zero-order chi connectivity index (χ0) is 16.8. The van der Waals surface area contributed by atoms with Crippen molar-refractivity contribution >= 4 is 17.3 Å². The molecule has 2 saturated heterocycles. The molecule has 1 amide bonds. The molecule has 0 radical (unpaired) electrons. The smallest absolute Gasteiger partial charge is 0.222 e. The van der Waals surface area contributed by atoms with Crippen LogP contribution >= 0.6 is 0 Å². The molecule has 0 N–H and O–H groups in total. The van der Waals surface area contributed by atoms with Gasteiger partial charge in [0.2, 0.25) is 5.91 Å². The third kappa shape index (κ3) is 4.22. The van der Waals surface area contributed by atoms with Gasteiger partial charge in [0.15, 0.2) is 0 Å². The Labute approximate surface area is 146 Å². The summed E-state index contributed by atoms with van der Waals surface area (Å²) in [5, 5.41) is 0. The Morgan fingerprint density at radius 2 is 1.38 bits per heavy atom. The molecule has 0 unspecified atom stereocenters. The number of rotatable bonds is 5. The lowest BCUT2D eigenvalue weighted by molar-refractivity contribution is -0.131. The maximum atomic E-state index is 12.1. The monoisotopic (exact) mass is 329 g/mol. The molecule has 0 bridgehead atoms. The Kier molecular flexibility index (Phi) is 6.00. The van der Waals surface area contributed by atoms with Crippen molar-refractivity contribution in [2.24, 2.45) is 0 Å². The first-order valence-corrected chi connectivity index (χ1v) is 9.65. The highest BCUT2D eigenvalue weighted by Gasteiger charge is 2.21. The van der Waals surface area contributed by atoms with Gasteiger partial charge in [-0.3, -0.25) is 4.79 Å². The van der Waals surface area contributed by atoms with E-state index in [-0.39, 0.29) is 0 Å². The van der Waals surface area contributed by atoms with Crippen molar-refractivity contribution in [1.82, 2.24) is 4.90 Å². The van der Waals surface area contributed by atoms with Crippen LogP contribution < -0.4 is 9.80 Å². The van der Waals surface area contributed by atoms with Gasteiger partial charge in [-0.2, -0.15) is 0 Å². The Balaban J connectivity index is 1.52. The molecule has 4 heteroatoms. The fourth-order valence-corrected chi connectivity index (χ4v) is 3.73. The van der Waals surface area contributed by atoms with Crippen molar-refractivity contribution in [2.45, 2.75) is 45.4 Å². The molecule has 0 spiro atoms. The summed E-state index contributed by atoms with van der Waals surface area (Å²) in [6.45, 7) is 8.13. The van der Waals surface area contributed by atoms with Crippen LogP contribution in [-0.4, -0.2) is 50.1 Å². The summed E-state index contributed by atoms with van der Waals surface area (Å²) >= 11 is 0. The highest BCUT2D eigenvalue weighted by molar-refractivity contribution is 5.76. The van der Waals surface area contributed by atoms with Crippen molar-refractivity contribution in [3.8, 4) is 0 Å². The average Bonchev–Trinajstić information content (AvgIpc) is 2.67. The van der Waals surface area contributed by atoms with Crippen LogP contribution in [0.15, 0.2) is 24.3 Å². The van der Waals surface area contributed by atoms with E-state index in [1.807, 2.05) is 4.90 Å². The number of piperazine rings is 1. The fourth-order valence-electron chi connectivity index (χ4n) is 3.73. The zero-order valence-electron chi connectivity index (χ0n) is 15.0. The summed E-state index contributed by atoms with van der Waals surface area (Å²) < 4.78 is 0. The third-order valence-electron chi connectivity index (χ3n) is 5.31. The number of amides is 1. The minimum Gasteiger partial charge on any atom is -0.372 e. The third-order valence-corrected chi connectivity index (χ3v) is 5.31. The first kappa shape index (κ1) is 17.1.